The van der Waals surface area contributed by atoms with Crippen LogP contribution in [0.3, 0.4) is 0 Å². The quantitative estimate of drug-likeness (QED) is 0.480. The molecule has 2 rings (SSSR count). The molecule has 0 spiro atoms. The molecule has 8 heteroatoms. The van der Waals surface area contributed by atoms with Crippen LogP contribution in [0, 0.1) is 0 Å². The molecule has 0 aromatic heterocycles. The van der Waals surface area contributed by atoms with Gasteiger partial charge in [-0.15, -0.1) is 0 Å². The van der Waals surface area contributed by atoms with Crippen LogP contribution in [0.2, 0.25) is 0 Å². The highest BCUT2D eigenvalue weighted by molar-refractivity contribution is 5.88. The Labute approximate surface area is 156 Å². The molecule has 0 aliphatic heterocycles. The van der Waals surface area contributed by atoms with Gasteiger partial charge >= 0.3 is 6.09 Å². The number of para-hydroxylation sites is 1. The van der Waals surface area contributed by atoms with Crippen LogP contribution in [0.5, 0.6) is 5.75 Å². The number of hydrogen-bond acceptors (Lipinski definition) is 6. The minimum absolute atomic E-state index is 0.0540. The molecule has 27 heavy (non-hydrogen) atoms. The van der Waals surface area contributed by atoms with Crippen molar-refractivity contribution < 1.29 is 24.2 Å². The molecule has 0 aliphatic rings. The number of nitrogens with zero attached hydrogens (tertiary/aromatic N) is 1. The lowest BCUT2D eigenvalue weighted by Crippen LogP contribution is -2.47. The third-order valence-corrected chi connectivity index (χ3v) is 3.52. The van der Waals surface area contributed by atoms with Crippen LogP contribution in [0.1, 0.15) is 11.1 Å². The Morgan fingerprint density at radius 1 is 1.15 bits per heavy atom. The van der Waals surface area contributed by atoms with E-state index in [0.717, 1.165) is 5.56 Å². The minimum Gasteiger partial charge on any atom is -0.496 e. The smallest absolute Gasteiger partial charge is 0.408 e. The van der Waals surface area contributed by atoms with Crippen molar-refractivity contribution in [2.75, 3.05) is 13.7 Å². The average molecular weight is 371 g/mol. The van der Waals surface area contributed by atoms with Crippen LogP contribution in [0.15, 0.2) is 59.7 Å². The summed E-state index contributed by atoms with van der Waals surface area (Å²) in [6.07, 6.45) is 0.584. The molecule has 1 atom stereocenters. The van der Waals surface area contributed by atoms with Crippen LogP contribution >= 0.6 is 0 Å². The summed E-state index contributed by atoms with van der Waals surface area (Å²) in [6.45, 7) is -0.547. The maximum absolute atomic E-state index is 12.0. The first-order valence-corrected chi connectivity index (χ1v) is 8.18. The predicted octanol–water partition coefficient (Wildman–Crippen LogP) is 1.43. The van der Waals surface area contributed by atoms with Crippen molar-refractivity contribution in [2.24, 2.45) is 5.10 Å². The number of carbonyl (C=O) groups excluding carboxylic acids is 2. The van der Waals surface area contributed by atoms with Crippen molar-refractivity contribution in [3.63, 3.8) is 0 Å². The number of benzene rings is 2. The highest BCUT2D eigenvalue weighted by Gasteiger charge is 2.20. The van der Waals surface area contributed by atoms with Gasteiger partial charge < -0.3 is 19.9 Å². The topological polar surface area (TPSA) is 109 Å². The van der Waals surface area contributed by atoms with E-state index in [2.05, 4.69) is 15.8 Å². The molecule has 0 saturated heterocycles. The molecule has 0 radical (unpaired) electrons. The average Bonchev–Trinajstić information content (AvgIpc) is 2.71. The maximum Gasteiger partial charge on any atom is 0.408 e. The van der Waals surface area contributed by atoms with Gasteiger partial charge in [-0.2, -0.15) is 5.10 Å². The third-order valence-electron chi connectivity index (χ3n) is 3.52. The van der Waals surface area contributed by atoms with Crippen LogP contribution in [0.25, 0.3) is 0 Å². The van der Waals surface area contributed by atoms with Crippen LogP contribution in [0.4, 0.5) is 4.79 Å². The molecule has 142 valence electrons. The van der Waals surface area contributed by atoms with E-state index in [-0.39, 0.29) is 6.61 Å². The molecule has 2 amide bonds. The molecule has 2 aromatic carbocycles. The summed E-state index contributed by atoms with van der Waals surface area (Å²) in [5.41, 5.74) is 3.73. The summed E-state index contributed by atoms with van der Waals surface area (Å²) >= 11 is 0. The zero-order chi connectivity index (χ0) is 19.5. The summed E-state index contributed by atoms with van der Waals surface area (Å²) in [4.78, 5) is 23.8. The van der Waals surface area contributed by atoms with Crippen molar-refractivity contribution in [1.82, 2.24) is 10.7 Å². The Hall–Kier alpha value is -3.39. The number of amides is 2. The number of rotatable bonds is 8. The molecule has 8 nitrogen and oxygen atoms in total. The van der Waals surface area contributed by atoms with E-state index in [1.165, 1.54) is 13.3 Å². The van der Waals surface area contributed by atoms with Crippen molar-refractivity contribution >= 4 is 18.2 Å². The van der Waals surface area contributed by atoms with Crippen LogP contribution < -0.4 is 15.5 Å². The molecule has 0 saturated carbocycles. The van der Waals surface area contributed by atoms with Gasteiger partial charge in [-0.3, -0.25) is 4.79 Å². The van der Waals surface area contributed by atoms with Crippen molar-refractivity contribution in [3.05, 3.63) is 65.7 Å². The Bertz CT molecular complexity index is 780. The van der Waals surface area contributed by atoms with E-state index in [1.54, 1.807) is 30.3 Å². The van der Waals surface area contributed by atoms with E-state index in [1.807, 2.05) is 24.3 Å². The first-order valence-electron chi connectivity index (χ1n) is 8.18. The Kier molecular flexibility index (Phi) is 7.80. The molecule has 2 aromatic rings. The summed E-state index contributed by atoms with van der Waals surface area (Å²) in [7, 11) is 1.53. The number of carbonyl (C=O) groups is 2. The monoisotopic (exact) mass is 371 g/mol. The van der Waals surface area contributed by atoms with Gasteiger partial charge in [0.15, 0.2) is 0 Å². The third kappa shape index (κ3) is 6.44. The van der Waals surface area contributed by atoms with Gasteiger partial charge in [-0.1, -0.05) is 42.5 Å². The molecular weight excluding hydrogens is 350 g/mol. The fourth-order valence-corrected chi connectivity index (χ4v) is 2.12. The van der Waals surface area contributed by atoms with Gasteiger partial charge in [0.25, 0.3) is 5.91 Å². The number of aliphatic hydroxyl groups is 1. The predicted molar refractivity (Wildman–Crippen MR) is 99.4 cm³/mol. The number of hydrazone groups is 1. The first kappa shape index (κ1) is 19.9. The van der Waals surface area contributed by atoms with Crippen LogP contribution in [-0.2, 0) is 16.1 Å². The number of hydrogen-bond donors (Lipinski definition) is 3. The lowest BCUT2D eigenvalue weighted by molar-refractivity contribution is -0.123. The number of aliphatic hydroxyl groups excluding tert-OH is 1. The Morgan fingerprint density at radius 2 is 1.85 bits per heavy atom. The highest BCUT2D eigenvalue weighted by atomic mass is 16.5. The first-order chi connectivity index (χ1) is 13.1. The van der Waals surface area contributed by atoms with Gasteiger partial charge in [0.2, 0.25) is 0 Å². The minimum atomic E-state index is -1.19. The van der Waals surface area contributed by atoms with E-state index in [0.29, 0.717) is 11.3 Å². The summed E-state index contributed by atoms with van der Waals surface area (Å²) in [5, 5.41) is 15.4. The summed E-state index contributed by atoms with van der Waals surface area (Å²) < 4.78 is 10.2. The highest BCUT2D eigenvalue weighted by Crippen LogP contribution is 2.14. The second-order valence-corrected chi connectivity index (χ2v) is 5.42. The normalized spacial score (nSPS) is 11.6. The van der Waals surface area contributed by atoms with Gasteiger partial charge in [0, 0.05) is 5.56 Å². The van der Waals surface area contributed by atoms with Crippen molar-refractivity contribution in [3.8, 4) is 5.75 Å². The molecule has 0 fully saturated rings. The lowest BCUT2D eigenvalue weighted by Gasteiger charge is -2.14. The van der Waals surface area contributed by atoms with E-state index < -0.39 is 24.6 Å². The van der Waals surface area contributed by atoms with Gasteiger partial charge in [-0.25, -0.2) is 10.2 Å². The second kappa shape index (κ2) is 10.6. The van der Waals surface area contributed by atoms with Crippen LogP contribution in [-0.4, -0.2) is 43.1 Å². The molecular formula is C19H21N3O5. The second-order valence-electron chi connectivity index (χ2n) is 5.42. The van der Waals surface area contributed by atoms with E-state index in [9.17, 15) is 14.7 Å². The fraction of sp³-hybridized carbons (Fsp3) is 0.211. The van der Waals surface area contributed by atoms with Gasteiger partial charge in [0.1, 0.15) is 18.4 Å². The fourth-order valence-electron chi connectivity index (χ4n) is 2.12. The van der Waals surface area contributed by atoms with E-state index >= 15 is 0 Å². The molecule has 3 N–H and O–H groups in total. The summed E-state index contributed by atoms with van der Waals surface area (Å²) in [6, 6.07) is 15.0. The zero-order valence-electron chi connectivity index (χ0n) is 14.8. The molecule has 0 bridgehead atoms. The number of ether oxygens (including phenoxy) is 2. The standard InChI is InChI=1S/C19H21N3O5/c1-26-17-10-6-5-9-15(17)11-20-22-18(24)16(12-23)21-19(25)27-13-14-7-3-2-4-8-14/h2-11,16,23H,12-13H2,1H3,(H,21,25)(H,22,24)/b20-11+/t16-/m0/s1. The zero-order valence-corrected chi connectivity index (χ0v) is 14.8. The number of alkyl carbamates (subject to hydrolysis) is 1. The van der Waals surface area contributed by atoms with Crippen molar-refractivity contribution in [2.45, 2.75) is 12.6 Å². The molecule has 0 aliphatic carbocycles. The lowest BCUT2D eigenvalue weighted by atomic mass is 10.2. The van der Waals surface area contributed by atoms with Crippen molar-refractivity contribution in [1.29, 1.82) is 0 Å². The SMILES string of the molecule is COc1ccccc1/C=N/NC(=O)[C@H](CO)NC(=O)OCc1ccccc1. The Morgan fingerprint density at radius 3 is 2.56 bits per heavy atom. The maximum atomic E-state index is 12.0. The van der Waals surface area contributed by atoms with E-state index in [4.69, 9.17) is 9.47 Å². The summed E-state index contributed by atoms with van der Waals surface area (Å²) in [5.74, 6) is -0.0860. The van der Waals surface area contributed by atoms with Gasteiger partial charge in [0.05, 0.1) is 19.9 Å². The number of methoxy groups -OCH3 is 1. The molecule has 0 unspecified atom stereocenters. The Balaban J connectivity index is 1.84. The largest absolute Gasteiger partial charge is 0.496 e. The molecule has 0 heterocycles. The number of nitrogens with one attached hydrogen (secondary N) is 2. The van der Waals surface area contributed by atoms with Gasteiger partial charge in [-0.05, 0) is 17.7 Å².